The smallest absolute Gasteiger partial charge is 0.269 e. The van der Waals surface area contributed by atoms with E-state index in [0.717, 1.165) is 12.8 Å². The predicted molar refractivity (Wildman–Crippen MR) is 77.3 cm³/mol. The van der Waals surface area contributed by atoms with Gasteiger partial charge in [-0.3, -0.25) is 20.4 Å². The van der Waals surface area contributed by atoms with Gasteiger partial charge < -0.3 is 4.74 Å². The highest BCUT2D eigenvalue weighted by Gasteiger charge is 2.09. The number of benzene rings is 1. The molecule has 0 bridgehead atoms. The van der Waals surface area contributed by atoms with Gasteiger partial charge in [-0.25, -0.2) is 0 Å². The van der Waals surface area contributed by atoms with Crippen molar-refractivity contribution in [3.63, 3.8) is 0 Å². The molecule has 0 aliphatic carbocycles. The number of rotatable bonds is 6. The Morgan fingerprint density at radius 3 is 2.65 bits per heavy atom. The molecule has 0 saturated heterocycles. The third-order valence-electron chi connectivity index (χ3n) is 2.80. The second-order valence-corrected chi connectivity index (χ2v) is 4.62. The van der Waals surface area contributed by atoms with Crippen molar-refractivity contribution in [1.29, 1.82) is 0 Å². The lowest BCUT2D eigenvalue weighted by molar-refractivity contribution is -0.121. The lowest BCUT2D eigenvalue weighted by Gasteiger charge is -2.13. The fraction of sp³-hybridized carbons (Fsp3) is 0.467. The molecule has 0 aromatic heterocycles. The Kier molecular flexibility index (Phi) is 6.56. The number of amides is 2. The van der Waals surface area contributed by atoms with Gasteiger partial charge in [0.2, 0.25) is 5.91 Å². The lowest BCUT2D eigenvalue weighted by atomic mass is 10.2. The molecule has 1 unspecified atom stereocenters. The Balaban J connectivity index is 2.59. The SMILES string of the molecule is CCCC(=O)NNC(=O)c1cccc(OC(C)CC)c1. The van der Waals surface area contributed by atoms with Gasteiger partial charge in [0.25, 0.3) is 5.91 Å². The molecule has 5 nitrogen and oxygen atoms in total. The summed E-state index contributed by atoms with van der Waals surface area (Å²) >= 11 is 0. The van der Waals surface area contributed by atoms with Crippen LogP contribution in [-0.4, -0.2) is 17.9 Å². The molecule has 1 aromatic rings. The van der Waals surface area contributed by atoms with Crippen LogP contribution in [0.1, 0.15) is 50.4 Å². The molecule has 0 heterocycles. The van der Waals surface area contributed by atoms with Crippen LogP contribution in [0.5, 0.6) is 5.75 Å². The van der Waals surface area contributed by atoms with Crippen LogP contribution < -0.4 is 15.6 Å². The number of hydrogen-bond donors (Lipinski definition) is 2. The summed E-state index contributed by atoms with van der Waals surface area (Å²) in [5.74, 6) is 0.0869. The van der Waals surface area contributed by atoms with Crippen LogP contribution in [0.25, 0.3) is 0 Å². The Morgan fingerprint density at radius 2 is 2.00 bits per heavy atom. The van der Waals surface area contributed by atoms with Gasteiger partial charge in [0.05, 0.1) is 6.10 Å². The van der Waals surface area contributed by atoms with E-state index < -0.39 is 0 Å². The Hall–Kier alpha value is -2.04. The molecule has 1 atom stereocenters. The summed E-state index contributed by atoms with van der Waals surface area (Å²) in [5.41, 5.74) is 5.20. The molecular formula is C15H22N2O3. The summed E-state index contributed by atoms with van der Waals surface area (Å²) in [4.78, 5) is 23.2. The lowest BCUT2D eigenvalue weighted by Crippen LogP contribution is -2.41. The van der Waals surface area contributed by atoms with E-state index >= 15 is 0 Å². The third-order valence-corrected chi connectivity index (χ3v) is 2.80. The van der Waals surface area contributed by atoms with E-state index in [1.54, 1.807) is 24.3 Å². The van der Waals surface area contributed by atoms with Crippen LogP contribution >= 0.6 is 0 Å². The van der Waals surface area contributed by atoms with Gasteiger partial charge in [-0.05, 0) is 38.0 Å². The molecule has 0 radical (unpaired) electrons. The molecule has 2 amide bonds. The predicted octanol–water partition coefficient (Wildman–Crippen LogP) is 2.42. The van der Waals surface area contributed by atoms with E-state index in [9.17, 15) is 9.59 Å². The number of carbonyl (C=O) groups excluding carboxylic acids is 2. The van der Waals surface area contributed by atoms with Crippen molar-refractivity contribution < 1.29 is 14.3 Å². The van der Waals surface area contributed by atoms with Gasteiger partial charge in [-0.15, -0.1) is 0 Å². The van der Waals surface area contributed by atoms with E-state index in [2.05, 4.69) is 10.9 Å². The van der Waals surface area contributed by atoms with Crippen LogP contribution in [0.3, 0.4) is 0 Å². The van der Waals surface area contributed by atoms with Gasteiger partial charge in [0, 0.05) is 12.0 Å². The van der Waals surface area contributed by atoms with Crippen molar-refractivity contribution in [3.05, 3.63) is 29.8 Å². The van der Waals surface area contributed by atoms with Crippen molar-refractivity contribution >= 4 is 11.8 Å². The fourth-order valence-corrected chi connectivity index (χ4v) is 1.51. The average molecular weight is 278 g/mol. The van der Waals surface area contributed by atoms with Crippen LogP contribution in [0, 0.1) is 0 Å². The van der Waals surface area contributed by atoms with Crippen molar-refractivity contribution in [2.75, 3.05) is 0 Å². The molecule has 110 valence electrons. The summed E-state index contributed by atoms with van der Waals surface area (Å²) in [6, 6.07) is 6.89. The number of ether oxygens (including phenoxy) is 1. The summed E-state index contributed by atoms with van der Waals surface area (Å²) in [7, 11) is 0. The Bertz CT molecular complexity index is 460. The van der Waals surface area contributed by atoms with Gasteiger partial charge in [-0.2, -0.15) is 0 Å². The highest BCUT2D eigenvalue weighted by Crippen LogP contribution is 2.15. The maximum atomic E-state index is 11.9. The zero-order chi connectivity index (χ0) is 15.0. The van der Waals surface area contributed by atoms with Crippen LogP contribution in [-0.2, 0) is 4.79 Å². The quantitative estimate of drug-likeness (QED) is 0.785. The zero-order valence-electron chi connectivity index (χ0n) is 12.2. The van der Waals surface area contributed by atoms with Gasteiger partial charge in [-0.1, -0.05) is 19.9 Å². The van der Waals surface area contributed by atoms with Crippen molar-refractivity contribution in [2.45, 2.75) is 46.1 Å². The van der Waals surface area contributed by atoms with Crippen molar-refractivity contribution in [2.24, 2.45) is 0 Å². The van der Waals surface area contributed by atoms with E-state index in [1.807, 2.05) is 20.8 Å². The molecule has 0 spiro atoms. The minimum Gasteiger partial charge on any atom is -0.491 e. The molecule has 1 aromatic carbocycles. The number of carbonyl (C=O) groups is 2. The van der Waals surface area contributed by atoms with Crippen molar-refractivity contribution in [3.8, 4) is 5.75 Å². The normalized spacial score (nSPS) is 11.6. The highest BCUT2D eigenvalue weighted by molar-refractivity contribution is 5.95. The second kappa shape index (κ2) is 8.19. The first kappa shape index (κ1) is 16.0. The van der Waals surface area contributed by atoms with Gasteiger partial charge in [0.1, 0.15) is 5.75 Å². The fourth-order valence-electron chi connectivity index (χ4n) is 1.51. The topological polar surface area (TPSA) is 67.4 Å². The van der Waals surface area contributed by atoms with Crippen molar-refractivity contribution in [1.82, 2.24) is 10.9 Å². The summed E-state index contributed by atoms with van der Waals surface area (Å²) in [6.45, 7) is 5.90. The number of hydrogen-bond acceptors (Lipinski definition) is 3. The first-order chi connectivity index (χ1) is 9.56. The maximum absolute atomic E-state index is 11.9. The molecule has 2 N–H and O–H groups in total. The molecule has 0 aliphatic rings. The molecule has 1 rings (SSSR count). The summed E-state index contributed by atoms with van der Waals surface area (Å²) in [5, 5.41) is 0. The second-order valence-electron chi connectivity index (χ2n) is 4.62. The average Bonchev–Trinajstić information content (AvgIpc) is 2.45. The van der Waals surface area contributed by atoms with E-state index in [4.69, 9.17) is 4.74 Å². The Morgan fingerprint density at radius 1 is 1.25 bits per heavy atom. The summed E-state index contributed by atoms with van der Waals surface area (Å²) in [6.07, 6.45) is 2.11. The largest absolute Gasteiger partial charge is 0.491 e. The number of nitrogens with one attached hydrogen (secondary N) is 2. The summed E-state index contributed by atoms with van der Waals surface area (Å²) < 4.78 is 5.65. The molecule has 0 fully saturated rings. The molecule has 5 heteroatoms. The van der Waals surface area contributed by atoms with E-state index in [1.165, 1.54) is 0 Å². The van der Waals surface area contributed by atoms with Gasteiger partial charge >= 0.3 is 0 Å². The van der Waals surface area contributed by atoms with Crippen LogP contribution in [0.15, 0.2) is 24.3 Å². The molecule has 0 aliphatic heterocycles. The van der Waals surface area contributed by atoms with Crippen LogP contribution in [0.2, 0.25) is 0 Å². The monoisotopic (exact) mass is 278 g/mol. The highest BCUT2D eigenvalue weighted by atomic mass is 16.5. The van der Waals surface area contributed by atoms with E-state index in [0.29, 0.717) is 17.7 Å². The first-order valence-corrected chi connectivity index (χ1v) is 6.92. The number of hydrazine groups is 1. The molecule has 20 heavy (non-hydrogen) atoms. The minimum atomic E-state index is -0.357. The van der Waals surface area contributed by atoms with Gasteiger partial charge in [0.15, 0.2) is 0 Å². The van der Waals surface area contributed by atoms with E-state index in [-0.39, 0.29) is 17.9 Å². The minimum absolute atomic E-state index is 0.0950. The first-order valence-electron chi connectivity index (χ1n) is 6.92. The molecule has 0 saturated carbocycles. The third kappa shape index (κ3) is 5.30. The maximum Gasteiger partial charge on any atom is 0.269 e. The standard InChI is InChI=1S/C15H22N2O3/c1-4-7-14(18)16-17-15(19)12-8-6-9-13(10-12)20-11(3)5-2/h6,8-11H,4-5,7H2,1-3H3,(H,16,18)(H,17,19). The Labute approximate surface area is 119 Å². The van der Waals surface area contributed by atoms with Crippen LogP contribution in [0.4, 0.5) is 0 Å². The zero-order valence-corrected chi connectivity index (χ0v) is 12.2. The molecular weight excluding hydrogens is 256 g/mol.